The van der Waals surface area contributed by atoms with Crippen LogP contribution in [0.1, 0.15) is 13.3 Å². The molecule has 0 aromatic heterocycles. The molecule has 5 nitrogen and oxygen atoms in total. The summed E-state index contributed by atoms with van der Waals surface area (Å²) in [6.07, 6.45) is 0.411. The topological polar surface area (TPSA) is 58.6 Å². The predicted octanol–water partition coefficient (Wildman–Crippen LogP) is 0.945. The Kier molecular flexibility index (Phi) is 4.52. The number of amides is 1. The highest BCUT2D eigenvalue weighted by atomic mass is 16.5. The number of esters is 1. The summed E-state index contributed by atoms with van der Waals surface area (Å²) in [6.45, 7) is 2.88. The molecule has 5 heteroatoms. The Hall–Kier alpha value is -1.88. The van der Waals surface area contributed by atoms with Crippen LogP contribution in [0.2, 0.25) is 0 Å². The van der Waals surface area contributed by atoms with Crippen LogP contribution >= 0.6 is 0 Å². The van der Waals surface area contributed by atoms with Crippen LogP contribution in [0.3, 0.4) is 0 Å². The second-order valence-corrected chi connectivity index (χ2v) is 4.43. The number of nitrogens with zero attached hydrogens (tertiary/aromatic N) is 1. The number of rotatable bonds is 5. The van der Waals surface area contributed by atoms with Crippen molar-refractivity contribution in [3.05, 3.63) is 30.3 Å². The summed E-state index contributed by atoms with van der Waals surface area (Å²) in [7, 11) is 0. The van der Waals surface area contributed by atoms with Gasteiger partial charge in [-0.15, -0.1) is 0 Å². The monoisotopic (exact) mass is 262 g/mol. The molecular formula is C14H18N2O3. The molecule has 2 rings (SSSR count). The molecule has 1 aromatic carbocycles. The molecule has 1 heterocycles. The van der Waals surface area contributed by atoms with E-state index < -0.39 is 0 Å². The quantitative estimate of drug-likeness (QED) is 0.802. The highest BCUT2D eigenvalue weighted by Gasteiger charge is 2.30. The maximum absolute atomic E-state index is 11.9. The number of para-hydroxylation sites is 1. The van der Waals surface area contributed by atoms with E-state index in [-0.39, 0.29) is 24.5 Å². The van der Waals surface area contributed by atoms with Crippen LogP contribution in [0.4, 0.5) is 5.69 Å². The number of nitrogens with one attached hydrogen (secondary N) is 1. The first-order valence-corrected chi connectivity index (χ1v) is 6.45. The van der Waals surface area contributed by atoms with Gasteiger partial charge in [0.05, 0.1) is 13.2 Å². The van der Waals surface area contributed by atoms with Crippen molar-refractivity contribution in [3.63, 3.8) is 0 Å². The lowest BCUT2D eigenvalue weighted by atomic mass is 10.2. The zero-order valence-corrected chi connectivity index (χ0v) is 11.0. The highest BCUT2D eigenvalue weighted by Crippen LogP contribution is 2.20. The minimum absolute atomic E-state index is 0.00267. The molecule has 1 aliphatic heterocycles. The molecule has 1 N–H and O–H groups in total. The van der Waals surface area contributed by atoms with Crippen LogP contribution < -0.4 is 10.2 Å². The molecule has 1 aliphatic rings. The van der Waals surface area contributed by atoms with E-state index in [0.29, 0.717) is 19.6 Å². The van der Waals surface area contributed by atoms with Crippen LogP contribution in [0.15, 0.2) is 30.3 Å². The SMILES string of the molecule is CCOC(=O)CNC1CC(=O)N(c2ccccc2)C1. The van der Waals surface area contributed by atoms with Crippen molar-refractivity contribution in [1.29, 1.82) is 0 Å². The molecule has 1 saturated heterocycles. The molecule has 1 fully saturated rings. The van der Waals surface area contributed by atoms with Gasteiger partial charge in [-0.3, -0.25) is 9.59 Å². The Morgan fingerprint density at radius 2 is 2.16 bits per heavy atom. The zero-order chi connectivity index (χ0) is 13.7. The van der Waals surface area contributed by atoms with Gasteiger partial charge in [0, 0.05) is 24.7 Å². The molecule has 0 bridgehead atoms. The Bertz CT molecular complexity index is 447. The smallest absolute Gasteiger partial charge is 0.319 e. The van der Waals surface area contributed by atoms with Crippen LogP contribution in [0.5, 0.6) is 0 Å². The first-order chi connectivity index (χ1) is 9.20. The molecule has 1 amide bonds. The number of anilines is 1. The lowest BCUT2D eigenvalue weighted by molar-refractivity contribution is -0.142. The van der Waals surface area contributed by atoms with Gasteiger partial charge in [0.1, 0.15) is 0 Å². The van der Waals surface area contributed by atoms with E-state index in [1.807, 2.05) is 30.3 Å². The first kappa shape index (κ1) is 13.5. The van der Waals surface area contributed by atoms with Crippen LogP contribution in [0, 0.1) is 0 Å². The van der Waals surface area contributed by atoms with Crippen molar-refractivity contribution in [1.82, 2.24) is 5.32 Å². The van der Waals surface area contributed by atoms with Crippen molar-refractivity contribution < 1.29 is 14.3 Å². The summed E-state index contributed by atoms with van der Waals surface area (Å²) < 4.78 is 4.84. The third kappa shape index (κ3) is 3.54. The molecule has 19 heavy (non-hydrogen) atoms. The van der Waals surface area contributed by atoms with Crippen LogP contribution in [-0.2, 0) is 14.3 Å². The van der Waals surface area contributed by atoms with E-state index >= 15 is 0 Å². The lowest BCUT2D eigenvalue weighted by Gasteiger charge is -2.16. The van der Waals surface area contributed by atoms with Crippen molar-refractivity contribution in [2.24, 2.45) is 0 Å². The van der Waals surface area contributed by atoms with Gasteiger partial charge in [-0.05, 0) is 19.1 Å². The number of hydrogen-bond acceptors (Lipinski definition) is 4. The third-order valence-corrected chi connectivity index (χ3v) is 3.03. The maximum Gasteiger partial charge on any atom is 0.319 e. The number of benzene rings is 1. The minimum atomic E-state index is -0.284. The van der Waals surface area contributed by atoms with E-state index in [1.165, 1.54) is 0 Å². The molecule has 1 atom stereocenters. The molecule has 0 aliphatic carbocycles. The van der Waals surface area contributed by atoms with Crippen molar-refractivity contribution >= 4 is 17.6 Å². The molecule has 0 radical (unpaired) electrons. The van der Waals surface area contributed by atoms with Crippen molar-refractivity contribution in [2.45, 2.75) is 19.4 Å². The van der Waals surface area contributed by atoms with E-state index in [4.69, 9.17) is 4.74 Å². The van der Waals surface area contributed by atoms with Crippen LogP contribution in [0.25, 0.3) is 0 Å². The summed E-state index contributed by atoms with van der Waals surface area (Å²) >= 11 is 0. The Morgan fingerprint density at radius 3 is 2.84 bits per heavy atom. The molecular weight excluding hydrogens is 244 g/mol. The molecule has 0 saturated carbocycles. The number of hydrogen-bond donors (Lipinski definition) is 1. The Balaban J connectivity index is 1.88. The van der Waals surface area contributed by atoms with E-state index in [1.54, 1.807) is 11.8 Å². The van der Waals surface area contributed by atoms with Gasteiger partial charge < -0.3 is 15.0 Å². The second-order valence-electron chi connectivity index (χ2n) is 4.43. The Morgan fingerprint density at radius 1 is 1.42 bits per heavy atom. The van der Waals surface area contributed by atoms with Gasteiger partial charge in [-0.25, -0.2) is 0 Å². The second kappa shape index (κ2) is 6.33. The highest BCUT2D eigenvalue weighted by molar-refractivity contribution is 5.96. The van der Waals surface area contributed by atoms with Crippen molar-refractivity contribution in [3.8, 4) is 0 Å². The molecule has 102 valence electrons. The van der Waals surface area contributed by atoms with Gasteiger partial charge in [0.25, 0.3) is 0 Å². The van der Waals surface area contributed by atoms with Crippen molar-refractivity contribution in [2.75, 3.05) is 24.6 Å². The number of carbonyl (C=O) groups excluding carboxylic acids is 2. The summed E-state index contributed by atoms with van der Waals surface area (Å²) in [6, 6.07) is 9.54. The first-order valence-electron chi connectivity index (χ1n) is 6.45. The van der Waals surface area contributed by atoms with Gasteiger partial charge in [-0.2, -0.15) is 0 Å². The summed E-state index contributed by atoms with van der Waals surface area (Å²) in [5.74, 6) is -0.208. The normalized spacial score (nSPS) is 18.7. The summed E-state index contributed by atoms with van der Waals surface area (Å²) in [5, 5.41) is 3.06. The fraction of sp³-hybridized carbons (Fsp3) is 0.429. The van der Waals surface area contributed by atoms with Gasteiger partial charge in [-0.1, -0.05) is 18.2 Å². The summed E-state index contributed by atoms with van der Waals surface area (Å²) in [4.78, 5) is 24.9. The maximum atomic E-state index is 11.9. The minimum Gasteiger partial charge on any atom is -0.465 e. The zero-order valence-electron chi connectivity index (χ0n) is 11.0. The molecule has 0 spiro atoms. The fourth-order valence-corrected chi connectivity index (χ4v) is 2.14. The average Bonchev–Trinajstić information content (AvgIpc) is 2.79. The fourth-order valence-electron chi connectivity index (χ4n) is 2.14. The average molecular weight is 262 g/mol. The van der Waals surface area contributed by atoms with Gasteiger partial charge in [0.15, 0.2) is 0 Å². The molecule has 1 aromatic rings. The van der Waals surface area contributed by atoms with Gasteiger partial charge in [0.2, 0.25) is 5.91 Å². The van der Waals surface area contributed by atoms with E-state index in [0.717, 1.165) is 5.69 Å². The third-order valence-electron chi connectivity index (χ3n) is 3.03. The number of ether oxygens (including phenoxy) is 1. The van der Waals surface area contributed by atoms with Gasteiger partial charge >= 0.3 is 5.97 Å². The van der Waals surface area contributed by atoms with E-state index in [9.17, 15) is 9.59 Å². The summed E-state index contributed by atoms with van der Waals surface area (Å²) in [5.41, 5.74) is 0.896. The van der Waals surface area contributed by atoms with Crippen LogP contribution in [-0.4, -0.2) is 37.6 Å². The largest absolute Gasteiger partial charge is 0.465 e. The Labute approximate surface area is 112 Å². The predicted molar refractivity (Wildman–Crippen MR) is 71.8 cm³/mol. The number of carbonyl (C=O) groups is 2. The lowest BCUT2D eigenvalue weighted by Crippen LogP contribution is -2.36. The standard InChI is InChI=1S/C14H18N2O3/c1-2-19-14(18)9-15-11-8-13(17)16(10-11)12-6-4-3-5-7-12/h3-7,11,15H,2,8-10H2,1H3. The van der Waals surface area contributed by atoms with E-state index in [2.05, 4.69) is 5.32 Å². The molecule has 1 unspecified atom stereocenters.